The quantitative estimate of drug-likeness (QED) is 0.233. The minimum absolute atomic E-state index is 0.652. The Labute approximate surface area is 185 Å². The van der Waals surface area contributed by atoms with Gasteiger partial charge in [0.15, 0.2) is 0 Å². The fraction of sp³-hybridized carbons (Fsp3) is 0. The van der Waals surface area contributed by atoms with Crippen LogP contribution in [0.25, 0.3) is 51.0 Å². The summed E-state index contributed by atoms with van der Waals surface area (Å²) in [5, 5.41) is 3.42. The number of fused-ring (bicyclic) bond motifs is 1. The number of oxazole rings is 1. The van der Waals surface area contributed by atoms with Crippen LogP contribution in [0.1, 0.15) is 16.7 Å². The lowest BCUT2D eigenvalue weighted by atomic mass is 9.74. The van der Waals surface area contributed by atoms with Crippen molar-refractivity contribution < 1.29 is 4.42 Å². The van der Waals surface area contributed by atoms with Crippen molar-refractivity contribution in [1.82, 2.24) is 4.98 Å². The molecule has 0 saturated carbocycles. The Morgan fingerprint density at radius 2 is 1.47 bits per heavy atom. The summed E-state index contributed by atoms with van der Waals surface area (Å²) in [5.41, 5.74) is 8.72. The fourth-order valence-corrected chi connectivity index (χ4v) is 5.00. The van der Waals surface area contributed by atoms with Crippen molar-refractivity contribution in [2.24, 2.45) is 0 Å². The Morgan fingerprint density at radius 1 is 0.750 bits per heavy atom. The number of benzene rings is 3. The van der Waals surface area contributed by atoms with Gasteiger partial charge >= 0.3 is 5.89 Å². The smallest absolute Gasteiger partial charge is 0.264 e. The summed E-state index contributed by atoms with van der Waals surface area (Å²) < 4.78 is 6.23. The van der Waals surface area contributed by atoms with Gasteiger partial charge in [0.2, 0.25) is 0 Å². The van der Waals surface area contributed by atoms with Gasteiger partial charge in [-0.2, -0.15) is 0 Å². The summed E-state index contributed by atoms with van der Waals surface area (Å²) in [4.78, 5) is 4.84. The number of aromatic nitrogens is 1. The highest BCUT2D eigenvalue weighted by Gasteiger charge is 2.34. The molecule has 0 aliphatic heterocycles. The Bertz CT molecular complexity index is 1660. The van der Waals surface area contributed by atoms with Crippen LogP contribution >= 0.6 is 0 Å². The Balaban J connectivity index is 1.65. The van der Waals surface area contributed by atoms with E-state index in [1.807, 2.05) is 24.3 Å². The second-order valence-electron chi connectivity index (χ2n) is 8.34. The van der Waals surface area contributed by atoms with Gasteiger partial charge < -0.3 is 0 Å². The van der Waals surface area contributed by atoms with Gasteiger partial charge in [0.1, 0.15) is 0 Å². The molecule has 0 amide bonds. The van der Waals surface area contributed by atoms with E-state index in [9.17, 15) is 0 Å². The van der Waals surface area contributed by atoms with Crippen LogP contribution < -0.4 is 5.22 Å². The molecular weight excluding hydrogens is 390 g/mol. The molecule has 0 saturated heterocycles. The van der Waals surface area contributed by atoms with Gasteiger partial charge in [-0.25, -0.2) is 4.98 Å². The molecule has 0 atom stereocenters. The molecule has 32 heavy (non-hydrogen) atoms. The molecule has 0 N–H and O–H groups in total. The highest BCUT2D eigenvalue weighted by atomic mass is 16.3. The molecule has 1 heterocycles. The first-order valence-electron chi connectivity index (χ1n) is 10.8. The van der Waals surface area contributed by atoms with Gasteiger partial charge in [-0.15, -0.1) is 0 Å². The summed E-state index contributed by atoms with van der Waals surface area (Å²) in [7, 11) is 0. The molecule has 0 spiro atoms. The van der Waals surface area contributed by atoms with Gasteiger partial charge in [-0.05, 0) is 35.4 Å². The molecule has 2 heteroatoms. The largest absolute Gasteiger partial charge is 0.391 e. The topological polar surface area (TPSA) is 24.2 Å². The predicted molar refractivity (Wildman–Crippen MR) is 130 cm³/mol. The lowest BCUT2D eigenvalue weighted by Gasteiger charge is -2.24. The van der Waals surface area contributed by atoms with E-state index in [4.69, 9.17) is 9.40 Å². The van der Waals surface area contributed by atoms with Crippen LogP contribution in [0.15, 0.2) is 101 Å². The molecule has 3 aliphatic carbocycles. The Kier molecular flexibility index (Phi) is 3.45. The SMILES string of the molecule is C=c1cc2ccc3c(-c4ccccc4)cc(-[c-]4nc5ccccc5[o+]4)c4ccc(c1)[C+]2c34. The van der Waals surface area contributed by atoms with Gasteiger partial charge in [0.05, 0.1) is 33.7 Å². The van der Waals surface area contributed by atoms with Crippen LogP contribution in [0.2, 0.25) is 0 Å². The molecule has 0 fully saturated rings. The Hall–Kier alpha value is -4.30. The van der Waals surface area contributed by atoms with Gasteiger partial charge in [-0.1, -0.05) is 61.2 Å². The second-order valence-corrected chi connectivity index (χ2v) is 8.34. The Morgan fingerprint density at radius 3 is 2.25 bits per heavy atom. The van der Waals surface area contributed by atoms with Crippen molar-refractivity contribution in [1.29, 1.82) is 0 Å². The van der Waals surface area contributed by atoms with Crippen molar-refractivity contribution in [2.75, 3.05) is 0 Å². The third-order valence-electron chi connectivity index (χ3n) is 6.39. The minimum Gasteiger partial charge on any atom is -0.264 e. The van der Waals surface area contributed by atoms with Crippen LogP contribution in [0, 0.1) is 5.92 Å². The predicted octanol–water partition coefficient (Wildman–Crippen LogP) is 6.78. The van der Waals surface area contributed by atoms with Crippen molar-refractivity contribution in [3.63, 3.8) is 0 Å². The average Bonchev–Trinajstić information content (AvgIpc) is 3.26. The monoisotopic (exact) mass is 408 g/mol. The van der Waals surface area contributed by atoms with Crippen LogP contribution in [0.3, 0.4) is 0 Å². The summed E-state index contributed by atoms with van der Waals surface area (Å²) in [6.45, 7) is 4.18. The third kappa shape index (κ3) is 2.41. The van der Waals surface area contributed by atoms with Gasteiger partial charge in [0.25, 0.3) is 5.58 Å². The number of hydrogen-bond donors (Lipinski definition) is 0. The molecule has 1 aromatic heterocycles. The maximum atomic E-state index is 6.23. The molecule has 4 aromatic rings. The molecule has 3 aromatic carbocycles. The normalized spacial score (nSPS) is 12.4. The zero-order valence-electron chi connectivity index (χ0n) is 17.3. The first-order valence-corrected chi connectivity index (χ1v) is 10.8. The van der Waals surface area contributed by atoms with E-state index in [0.29, 0.717) is 5.89 Å². The summed E-state index contributed by atoms with van der Waals surface area (Å²) in [6.07, 6.45) is 0. The number of para-hydroxylation sites is 2. The van der Waals surface area contributed by atoms with Crippen molar-refractivity contribution in [3.8, 4) is 22.6 Å². The standard InChI is InChI=1S/C30H18NO/c1-18-15-20-11-13-22-24(19-7-3-2-4-8-19)17-25(23-14-12-21(16-18)28(20)29(22)23)30-31-26-9-5-6-10-27(26)32-30/h2-17H,1H2/q+1. The lowest BCUT2D eigenvalue weighted by molar-refractivity contribution is 0.620. The maximum absolute atomic E-state index is 6.23. The summed E-state index contributed by atoms with van der Waals surface area (Å²) >= 11 is 0. The van der Waals surface area contributed by atoms with Crippen molar-refractivity contribution in [2.45, 2.75) is 0 Å². The number of hydrogen-bond acceptors (Lipinski definition) is 1. The van der Waals surface area contributed by atoms with Crippen LogP contribution in [-0.4, -0.2) is 4.98 Å². The summed E-state index contributed by atoms with van der Waals surface area (Å²) in [5.74, 6) is 1.92. The highest BCUT2D eigenvalue weighted by molar-refractivity contribution is 6.04. The molecule has 7 rings (SSSR count). The van der Waals surface area contributed by atoms with E-state index >= 15 is 0 Å². The minimum atomic E-state index is 0.652. The number of rotatable bonds is 2. The lowest BCUT2D eigenvalue weighted by Crippen LogP contribution is -2.16. The molecule has 2 nitrogen and oxygen atoms in total. The zero-order valence-corrected chi connectivity index (χ0v) is 17.3. The summed E-state index contributed by atoms with van der Waals surface area (Å²) in [6, 6.07) is 33.9. The van der Waals surface area contributed by atoms with E-state index in [1.165, 1.54) is 39.1 Å². The van der Waals surface area contributed by atoms with E-state index < -0.39 is 0 Å². The molecule has 3 aliphatic rings. The molecule has 148 valence electrons. The fourth-order valence-electron chi connectivity index (χ4n) is 5.00. The zero-order chi connectivity index (χ0) is 21.2. The third-order valence-corrected chi connectivity index (χ3v) is 6.39. The van der Waals surface area contributed by atoms with E-state index in [1.54, 1.807) is 0 Å². The number of nitrogens with zero attached hydrogens (tertiary/aromatic N) is 1. The van der Waals surface area contributed by atoms with Crippen LogP contribution in [0.4, 0.5) is 0 Å². The van der Waals surface area contributed by atoms with Crippen LogP contribution in [0.5, 0.6) is 0 Å². The molecular formula is C30H18NO+. The van der Waals surface area contributed by atoms with Gasteiger partial charge in [-0.3, -0.25) is 4.42 Å². The second kappa shape index (κ2) is 6.35. The van der Waals surface area contributed by atoms with Gasteiger partial charge in [0, 0.05) is 34.2 Å². The molecule has 0 bridgehead atoms. The molecule has 0 unspecified atom stereocenters. The maximum Gasteiger partial charge on any atom is 0.391 e. The van der Waals surface area contributed by atoms with E-state index in [0.717, 1.165) is 27.3 Å². The molecule has 0 radical (unpaired) electrons. The van der Waals surface area contributed by atoms with Crippen LogP contribution in [-0.2, 0) is 0 Å². The highest BCUT2D eigenvalue weighted by Crippen LogP contribution is 2.47. The first kappa shape index (κ1) is 17.4. The van der Waals surface area contributed by atoms with E-state index in [-0.39, 0.29) is 0 Å². The first-order chi connectivity index (χ1) is 15.8. The van der Waals surface area contributed by atoms with Crippen molar-refractivity contribution in [3.05, 3.63) is 125 Å². The average molecular weight is 408 g/mol. The van der Waals surface area contributed by atoms with E-state index in [2.05, 4.69) is 79.4 Å². The van der Waals surface area contributed by atoms with Crippen molar-refractivity contribution >= 4 is 28.5 Å².